The van der Waals surface area contributed by atoms with Crippen molar-refractivity contribution in [2.24, 2.45) is 11.7 Å². The fraction of sp³-hybridized carbons (Fsp3) is 0.900. The number of carbonyl (C=O) groups is 1. The van der Waals surface area contributed by atoms with Gasteiger partial charge in [-0.1, -0.05) is 0 Å². The standard InChI is InChI=1S/C10H18N2O/c11-10(4-1-5-10)6-9(13)12-7-8-2-3-8/h8H,1-7,11H2,(H,12,13). The molecule has 74 valence electrons. The van der Waals surface area contributed by atoms with E-state index in [0.717, 1.165) is 25.3 Å². The normalized spacial score (nSPS) is 25.0. The third kappa shape index (κ3) is 2.44. The quantitative estimate of drug-likeness (QED) is 0.675. The predicted molar refractivity (Wildman–Crippen MR) is 51.1 cm³/mol. The molecule has 0 radical (unpaired) electrons. The molecule has 0 aromatic heterocycles. The van der Waals surface area contributed by atoms with Crippen LogP contribution in [0.1, 0.15) is 38.5 Å². The summed E-state index contributed by atoms with van der Waals surface area (Å²) in [6.45, 7) is 0.870. The second-order valence-corrected chi connectivity index (χ2v) is 4.64. The summed E-state index contributed by atoms with van der Waals surface area (Å²) in [6.07, 6.45) is 6.32. The van der Waals surface area contributed by atoms with Gasteiger partial charge in [0.05, 0.1) is 0 Å². The Bertz CT molecular complexity index is 207. The van der Waals surface area contributed by atoms with Crippen LogP contribution in [0.5, 0.6) is 0 Å². The Labute approximate surface area is 79.1 Å². The lowest BCUT2D eigenvalue weighted by Gasteiger charge is -2.37. The molecule has 0 aliphatic heterocycles. The van der Waals surface area contributed by atoms with Crippen molar-refractivity contribution < 1.29 is 4.79 Å². The van der Waals surface area contributed by atoms with Gasteiger partial charge >= 0.3 is 0 Å². The number of rotatable bonds is 4. The Hall–Kier alpha value is -0.570. The van der Waals surface area contributed by atoms with Gasteiger partial charge in [-0.25, -0.2) is 0 Å². The molecule has 2 rings (SSSR count). The molecule has 2 aliphatic carbocycles. The highest BCUT2D eigenvalue weighted by molar-refractivity contribution is 5.77. The molecule has 0 unspecified atom stereocenters. The van der Waals surface area contributed by atoms with Crippen LogP contribution in [-0.4, -0.2) is 18.0 Å². The third-order valence-electron chi connectivity index (χ3n) is 3.15. The van der Waals surface area contributed by atoms with Crippen LogP contribution < -0.4 is 11.1 Å². The van der Waals surface area contributed by atoms with Crippen molar-refractivity contribution in [1.82, 2.24) is 5.32 Å². The van der Waals surface area contributed by atoms with E-state index in [0.29, 0.717) is 6.42 Å². The maximum Gasteiger partial charge on any atom is 0.221 e. The maximum absolute atomic E-state index is 11.4. The van der Waals surface area contributed by atoms with E-state index in [-0.39, 0.29) is 11.4 Å². The van der Waals surface area contributed by atoms with Crippen molar-refractivity contribution in [2.45, 2.75) is 44.1 Å². The average molecular weight is 182 g/mol. The molecule has 0 heterocycles. The Morgan fingerprint density at radius 2 is 2.15 bits per heavy atom. The molecule has 1 amide bonds. The molecular weight excluding hydrogens is 164 g/mol. The van der Waals surface area contributed by atoms with E-state index in [4.69, 9.17) is 5.73 Å². The SMILES string of the molecule is NC1(CC(=O)NCC2CC2)CCC1. The second-order valence-electron chi connectivity index (χ2n) is 4.64. The molecule has 3 nitrogen and oxygen atoms in total. The first-order valence-corrected chi connectivity index (χ1v) is 5.24. The topological polar surface area (TPSA) is 55.1 Å². The van der Waals surface area contributed by atoms with E-state index < -0.39 is 0 Å². The maximum atomic E-state index is 11.4. The van der Waals surface area contributed by atoms with Crippen molar-refractivity contribution in [3.63, 3.8) is 0 Å². The molecule has 0 bridgehead atoms. The Morgan fingerprint density at radius 1 is 1.46 bits per heavy atom. The van der Waals surface area contributed by atoms with Gasteiger partial charge < -0.3 is 11.1 Å². The van der Waals surface area contributed by atoms with Crippen LogP contribution in [0, 0.1) is 5.92 Å². The largest absolute Gasteiger partial charge is 0.356 e. The van der Waals surface area contributed by atoms with Gasteiger partial charge in [0.15, 0.2) is 0 Å². The first-order chi connectivity index (χ1) is 6.18. The van der Waals surface area contributed by atoms with Crippen molar-refractivity contribution in [2.75, 3.05) is 6.54 Å². The van der Waals surface area contributed by atoms with E-state index >= 15 is 0 Å². The molecule has 0 aromatic rings. The summed E-state index contributed by atoms with van der Waals surface area (Å²) in [7, 11) is 0. The highest BCUT2D eigenvalue weighted by Gasteiger charge is 2.34. The second kappa shape index (κ2) is 3.29. The Morgan fingerprint density at radius 3 is 2.62 bits per heavy atom. The summed E-state index contributed by atoms with van der Waals surface area (Å²) < 4.78 is 0. The molecule has 2 fully saturated rings. The van der Waals surface area contributed by atoms with Crippen LogP contribution in [-0.2, 0) is 4.79 Å². The number of nitrogens with two attached hydrogens (primary N) is 1. The first-order valence-electron chi connectivity index (χ1n) is 5.24. The minimum absolute atomic E-state index is 0.147. The van der Waals surface area contributed by atoms with Crippen LogP contribution in [0.15, 0.2) is 0 Å². The minimum Gasteiger partial charge on any atom is -0.356 e. The predicted octanol–water partition coefficient (Wildman–Crippen LogP) is 0.784. The molecule has 13 heavy (non-hydrogen) atoms. The highest BCUT2D eigenvalue weighted by Crippen LogP contribution is 2.32. The molecule has 0 spiro atoms. The fourth-order valence-electron chi connectivity index (χ4n) is 1.77. The van der Waals surface area contributed by atoms with Gasteiger partial charge in [0.1, 0.15) is 0 Å². The van der Waals surface area contributed by atoms with E-state index in [9.17, 15) is 4.79 Å². The molecule has 3 N–H and O–H groups in total. The van der Waals surface area contributed by atoms with Gasteiger partial charge in [-0.2, -0.15) is 0 Å². The molecular formula is C10H18N2O. The number of nitrogens with one attached hydrogen (secondary N) is 1. The molecule has 0 atom stereocenters. The molecule has 2 saturated carbocycles. The minimum atomic E-state index is -0.159. The van der Waals surface area contributed by atoms with Gasteiger partial charge in [0.2, 0.25) is 5.91 Å². The van der Waals surface area contributed by atoms with Gasteiger partial charge in [0.25, 0.3) is 0 Å². The summed E-state index contributed by atoms with van der Waals surface area (Å²) in [5.41, 5.74) is 5.81. The van der Waals surface area contributed by atoms with E-state index in [1.165, 1.54) is 19.3 Å². The molecule has 0 saturated heterocycles. The zero-order valence-corrected chi connectivity index (χ0v) is 8.01. The van der Waals surface area contributed by atoms with Gasteiger partial charge in [-0.3, -0.25) is 4.79 Å². The van der Waals surface area contributed by atoms with Crippen LogP contribution in [0.4, 0.5) is 0 Å². The Balaban J connectivity index is 1.64. The number of hydrogen-bond acceptors (Lipinski definition) is 2. The summed E-state index contributed by atoms with van der Waals surface area (Å²) in [6, 6.07) is 0. The lowest BCUT2D eigenvalue weighted by molar-refractivity contribution is -0.123. The van der Waals surface area contributed by atoms with Crippen LogP contribution in [0.25, 0.3) is 0 Å². The molecule has 2 aliphatic rings. The fourth-order valence-corrected chi connectivity index (χ4v) is 1.77. The van der Waals surface area contributed by atoms with Crippen LogP contribution in [0.3, 0.4) is 0 Å². The lowest BCUT2D eigenvalue weighted by atomic mass is 9.75. The van der Waals surface area contributed by atoms with Gasteiger partial charge in [0, 0.05) is 18.5 Å². The zero-order chi connectivity index (χ0) is 9.31. The smallest absolute Gasteiger partial charge is 0.221 e. The average Bonchev–Trinajstić information content (AvgIpc) is 2.81. The van der Waals surface area contributed by atoms with Crippen LogP contribution >= 0.6 is 0 Å². The summed E-state index contributed by atoms with van der Waals surface area (Å²) in [5.74, 6) is 0.910. The lowest BCUT2D eigenvalue weighted by Crippen LogP contribution is -2.50. The van der Waals surface area contributed by atoms with Crippen molar-refractivity contribution in [3.05, 3.63) is 0 Å². The summed E-state index contributed by atoms with van der Waals surface area (Å²) in [4.78, 5) is 11.4. The molecule has 0 aromatic carbocycles. The number of hydrogen-bond donors (Lipinski definition) is 2. The molecule has 3 heteroatoms. The first kappa shape index (κ1) is 9.00. The number of carbonyl (C=O) groups excluding carboxylic acids is 1. The monoisotopic (exact) mass is 182 g/mol. The van der Waals surface area contributed by atoms with E-state index in [2.05, 4.69) is 5.32 Å². The van der Waals surface area contributed by atoms with E-state index in [1.54, 1.807) is 0 Å². The van der Waals surface area contributed by atoms with Gasteiger partial charge in [-0.15, -0.1) is 0 Å². The summed E-state index contributed by atoms with van der Waals surface area (Å²) >= 11 is 0. The van der Waals surface area contributed by atoms with Gasteiger partial charge in [-0.05, 0) is 38.0 Å². The van der Waals surface area contributed by atoms with Crippen molar-refractivity contribution in [1.29, 1.82) is 0 Å². The zero-order valence-electron chi connectivity index (χ0n) is 8.01. The van der Waals surface area contributed by atoms with Crippen molar-refractivity contribution >= 4 is 5.91 Å². The number of amides is 1. The van der Waals surface area contributed by atoms with E-state index in [1.807, 2.05) is 0 Å². The highest BCUT2D eigenvalue weighted by atomic mass is 16.1. The van der Waals surface area contributed by atoms with Crippen LogP contribution in [0.2, 0.25) is 0 Å². The third-order valence-corrected chi connectivity index (χ3v) is 3.15. The summed E-state index contributed by atoms with van der Waals surface area (Å²) in [5, 5.41) is 2.95. The Kier molecular flexibility index (Phi) is 2.28. The van der Waals surface area contributed by atoms with Crippen molar-refractivity contribution in [3.8, 4) is 0 Å².